The lowest BCUT2D eigenvalue weighted by Crippen LogP contribution is -2.60. The van der Waals surface area contributed by atoms with Crippen LogP contribution in [0.15, 0.2) is 99.8 Å². The smallest absolute Gasteiger partial charge is 0.343 e. The Labute approximate surface area is 238 Å². The molecule has 0 radical (unpaired) electrons. The zero-order chi connectivity index (χ0) is 29.5. The third kappa shape index (κ3) is 7.16. The number of hydrogen-bond acceptors (Lipinski definition) is 9. The molecule has 3 aromatic rings. The van der Waals surface area contributed by atoms with Gasteiger partial charge < -0.3 is 9.47 Å². The van der Waals surface area contributed by atoms with Crippen LogP contribution in [0.5, 0.6) is 5.75 Å². The van der Waals surface area contributed by atoms with Gasteiger partial charge in [0, 0.05) is 19.6 Å². The van der Waals surface area contributed by atoms with Crippen molar-refractivity contribution in [2.45, 2.75) is 15.8 Å². The molecule has 41 heavy (non-hydrogen) atoms. The minimum absolute atomic E-state index is 0.0184. The largest absolute Gasteiger partial charge is 0.482 e. The van der Waals surface area contributed by atoms with E-state index in [0.717, 1.165) is 8.61 Å². The van der Waals surface area contributed by atoms with E-state index in [-0.39, 0.29) is 29.5 Å². The summed E-state index contributed by atoms with van der Waals surface area (Å²) in [6.45, 7) is -1.03. The number of carbonyl (C=O) groups is 2. The van der Waals surface area contributed by atoms with Gasteiger partial charge in [0.15, 0.2) is 6.61 Å². The van der Waals surface area contributed by atoms with Crippen LogP contribution in [0.3, 0.4) is 0 Å². The first-order valence-corrected chi connectivity index (χ1v) is 15.3. The Morgan fingerprint density at radius 2 is 1.46 bits per heavy atom. The van der Waals surface area contributed by atoms with Crippen LogP contribution in [-0.4, -0.2) is 82.9 Å². The summed E-state index contributed by atoms with van der Waals surface area (Å²) in [7, 11) is -6.87. The van der Waals surface area contributed by atoms with Crippen LogP contribution in [0.2, 0.25) is 0 Å². The molecular formula is C27H28N4O8S2. The number of benzene rings is 3. The van der Waals surface area contributed by atoms with E-state index in [2.05, 4.69) is 15.3 Å². The second-order valence-corrected chi connectivity index (χ2v) is 12.6. The molecule has 12 nitrogen and oxygen atoms in total. The number of piperazine rings is 1. The van der Waals surface area contributed by atoms with Crippen LogP contribution in [-0.2, 0) is 34.4 Å². The first-order valence-electron chi connectivity index (χ1n) is 12.4. The predicted molar refractivity (Wildman–Crippen MR) is 149 cm³/mol. The lowest BCUT2D eigenvalue weighted by Gasteiger charge is -2.38. The monoisotopic (exact) mass is 600 g/mol. The molecule has 1 N–H and O–H groups in total. The number of ether oxygens (including phenoxy) is 2. The van der Waals surface area contributed by atoms with Gasteiger partial charge in [-0.15, -0.1) is 0 Å². The van der Waals surface area contributed by atoms with E-state index in [4.69, 9.17) is 4.74 Å². The fourth-order valence-corrected chi connectivity index (χ4v) is 7.08. The number of amides is 1. The van der Waals surface area contributed by atoms with Gasteiger partial charge in [0.2, 0.25) is 20.0 Å². The summed E-state index contributed by atoms with van der Waals surface area (Å²) in [4.78, 5) is 24.5. The molecule has 0 aliphatic carbocycles. The van der Waals surface area contributed by atoms with Crippen LogP contribution in [0.4, 0.5) is 0 Å². The number of carbonyl (C=O) groups excluding carboxylic acids is 2. The van der Waals surface area contributed by atoms with Gasteiger partial charge in [0.05, 0.1) is 23.1 Å². The second-order valence-electron chi connectivity index (χ2n) is 8.79. The number of methoxy groups -OCH3 is 1. The quantitative estimate of drug-likeness (QED) is 0.209. The summed E-state index contributed by atoms with van der Waals surface area (Å²) in [6.07, 6.45) is 1.33. The number of esters is 1. The SMILES string of the molecule is COC(=O)COc1ccc(C=NNC(=O)C2CN(S(=O)(=O)c3ccccc3)CCN2S(=O)(=O)c2ccccc2)cc1. The Kier molecular flexibility index (Phi) is 9.50. The fourth-order valence-electron chi connectivity index (χ4n) is 4.03. The number of nitrogens with zero attached hydrogens (tertiary/aromatic N) is 3. The van der Waals surface area contributed by atoms with Crippen molar-refractivity contribution in [3.63, 3.8) is 0 Å². The van der Waals surface area contributed by atoms with E-state index in [1.54, 1.807) is 60.7 Å². The Balaban J connectivity index is 1.53. The molecule has 1 aliphatic heterocycles. The van der Waals surface area contributed by atoms with Crippen LogP contribution in [0.1, 0.15) is 5.56 Å². The van der Waals surface area contributed by atoms with Crippen molar-refractivity contribution in [3.05, 3.63) is 90.5 Å². The van der Waals surface area contributed by atoms with Crippen molar-refractivity contribution < 1.29 is 35.9 Å². The van der Waals surface area contributed by atoms with Gasteiger partial charge in [0.25, 0.3) is 5.91 Å². The molecule has 1 aliphatic rings. The van der Waals surface area contributed by atoms with Gasteiger partial charge >= 0.3 is 5.97 Å². The zero-order valence-corrected chi connectivity index (χ0v) is 23.6. The van der Waals surface area contributed by atoms with E-state index in [9.17, 15) is 26.4 Å². The fraction of sp³-hybridized carbons (Fsp3) is 0.222. The van der Waals surface area contributed by atoms with Crippen LogP contribution < -0.4 is 10.2 Å². The number of hydrogen-bond donors (Lipinski definition) is 1. The molecule has 0 aromatic heterocycles. The molecule has 1 atom stereocenters. The average molecular weight is 601 g/mol. The summed E-state index contributed by atoms with van der Waals surface area (Å²) in [5.41, 5.74) is 2.91. The Bertz CT molecular complexity index is 1600. The van der Waals surface area contributed by atoms with Gasteiger partial charge in [-0.1, -0.05) is 36.4 Å². The lowest BCUT2D eigenvalue weighted by atomic mass is 10.2. The van der Waals surface area contributed by atoms with Gasteiger partial charge in [-0.25, -0.2) is 27.1 Å². The van der Waals surface area contributed by atoms with Crippen molar-refractivity contribution in [2.75, 3.05) is 33.4 Å². The molecular weight excluding hydrogens is 572 g/mol. The first kappa shape index (κ1) is 29.9. The molecule has 0 bridgehead atoms. The van der Waals surface area contributed by atoms with E-state index in [0.29, 0.717) is 11.3 Å². The molecule has 4 rings (SSSR count). The third-order valence-corrected chi connectivity index (χ3v) is 9.98. The maximum absolute atomic E-state index is 13.5. The first-order chi connectivity index (χ1) is 19.6. The highest BCUT2D eigenvalue weighted by Gasteiger charge is 2.43. The van der Waals surface area contributed by atoms with E-state index >= 15 is 0 Å². The lowest BCUT2D eigenvalue weighted by molar-refractivity contribution is -0.142. The zero-order valence-electron chi connectivity index (χ0n) is 22.0. The highest BCUT2D eigenvalue weighted by atomic mass is 32.2. The average Bonchev–Trinajstić information content (AvgIpc) is 3.01. The molecule has 1 saturated heterocycles. The number of sulfonamides is 2. The predicted octanol–water partition coefficient (Wildman–Crippen LogP) is 1.45. The topological polar surface area (TPSA) is 152 Å². The molecule has 1 amide bonds. The Morgan fingerprint density at radius 3 is 2.05 bits per heavy atom. The third-order valence-electron chi connectivity index (χ3n) is 6.18. The minimum atomic E-state index is -4.13. The maximum Gasteiger partial charge on any atom is 0.343 e. The summed E-state index contributed by atoms with van der Waals surface area (Å²) >= 11 is 0. The van der Waals surface area contributed by atoms with Gasteiger partial charge in [0.1, 0.15) is 11.8 Å². The molecule has 1 unspecified atom stereocenters. The summed E-state index contributed by atoms with van der Waals surface area (Å²) in [5.74, 6) is -0.911. The van der Waals surface area contributed by atoms with E-state index < -0.39 is 44.5 Å². The van der Waals surface area contributed by atoms with Crippen molar-refractivity contribution in [3.8, 4) is 5.75 Å². The number of nitrogens with one attached hydrogen (secondary N) is 1. The Hall–Kier alpha value is -4.11. The summed E-state index contributed by atoms with van der Waals surface area (Å²) in [6, 6.07) is 20.4. The molecule has 0 saturated carbocycles. The van der Waals surface area contributed by atoms with E-state index in [1.807, 2.05) is 0 Å². The highest BCUT2D eigenvalue weighted by Crippen LogP contribution is 2.25. The highest BCUT2D eigenvalue weighted by molar-refractivity contribution is 7.89. The molecule has 216 valence electrons. The van der Waals surface area contributed by atoms with Crippen molar-refractivity contribution in [1.82, 2.24) is 14.0 Å². The number of rotatable bonds is 10. The minimum Gasteiger partial charge on any atom is -0.482 e. The molecule has 3 aromatic carbocycles. The molecule has 0 spiro atoms. The molecule has 14 heteroatoms. The van der Waals surface area contributed by atoms with Crippen molar-refractivity contribution in [1.29, 1.82) is 0 Å². The van der Waals surface area contributed by atoms with Gasteiger partial charge in [-0.3, -0.25) is 4.79 Å². The van der Waals surface area contributed by atoms with Crippen LogP contribution in [0.25, 0.3) is 0 Å². The van der Waals surface area contributed by atoms with E-state index in [1.165, 1.54) is 37.6 Å². The Morgan fingerprint density at radius 1 is 0.878 bits per heavy atom. The van der Waals surface area contributed by atoms with Gasteiger partial charge in [-0.2, -0.15) is 13.7 Å². The molecule has 1 fully saturated rings. The number of hydrazone groups is 1. The summed E-state index contributed by atoms with van der Waals surface area (Å²) < 4.78 is 65.4. The molecule has 1 heterocycles. The standard InChI is InChI=1S/C27H28N4O8S2/c1-38-26(32)20-39-22-14-12-21(13-15-22)18-28-29-27(33)25-19-30(40(34,35)23-8-4-2-5-9-23)16-17-31(25)41(36,37)24-10-6-3-7-11-24/h2-15,18,25H,16-17,19-20H2,1H3,(H,29,33). The van der Waals surface area contributed by atoms with Gasteiger partial charge in [-0.05, 0) is 54.1 Å². The van der Waals surface area contributed by atoms with Crippen molar-refractivity contribution >= 4 is 38.1 Å². The van der Waals surface area contributed by atoms with Crippen molar-refractivity contribution in [2.24, 2.45) is 5.10 Å². The van der Waals surface area contributed by atoms with Crippen LogP contribution in [0, 0.1) is 0 Å². The van der Waals surface area contributed by atoms with Crippen LogP contribution >= 0.6 is 0 Å². The normalized spacial score (nSPS) is 16.8. The summed E-state index contributed by atoms with van der Waals surface area (Å²) in [5, 5.41) is 3.94. The second kappa shape index (κ2) is 13.0. The maximum atomic E-state index is 13.5.